The lowest BCUT2D eigenvalue weighted by Gasteiger charge is -2.44. The molecule has 3 atom stereocenters. The van der Waals surface area contributed by atoms with Crippen molar-refractivity contribution >= 4 is 0 Å². The van der Waals surface area contributed by atoms with Gasteiger partial charge in [0.15, 0.2) is 0 Å². The smallest absolute Gasteiger partial charge is 0.0622 e. The average molecular weight is 247 g/mol. The highest BCUT2D eigenvalue weighted by Gasteiger charge is 2.35. The fraction of sp³-hybridized carbons (Fsp3) is 0.600. The third kappa shape index (κ3) is 2.58. The van der Waals surface area contributed by atoms with Crippen LogP contribution in [-0.4, -0.2) is 41.9 Å². The number of hydrogen-bond acceptors (Lipinski definition) is 3. The molecule has 0 amide bonds. The van der Waals surface area contributed by atoms with Crippen molar-refractivity contribution < 1.29 is 9.84 Å². The molecule has 3 aliphatic rings. The standard InChI is InChI=1S/C15H21NO2/c17-15-8-14-11-18-7-6-13(15)10-16(14)9-12-4-2-1-3-5-12/h1-5,13-15,17H,6-11H2. The monoisotopic (exact) mass is 247 g/mol. The number of benzene rings is 1. The minimum Gasteiger partial charge on any atom is -0.393 e. The van der Waals surface area contributed by atoms with Crippen molar-refractivity contribution in [1.29, 1.82) is 0 Å². The molecule has 3 aliphatic heterocycles. The summed E-state index contributed by atoms with van der Waals surface area (Å²) in [5.74, 6) is 0.380. The fourth-order valence-electron chi connectivity index (χ4n) is 3.12. The van der Waals surface area contributed by atoms with E-state index in [0.717, 1.165) is 39.1 Å². The molecule has 3 heteroatoms. The molecule has 3 heterocycles. The number of hydrogen-bond donors (Lipinski definition) is 1. The molecule has 1 N–H and O–H groups in total. The van der Waals surface area contributed by atoms with Gasteiger partial charge in [-0.25, -0.2) is 0 Å². The summed E-state index contributed by atoms with van der Waals surface area (Å²) in [5.41, 5.74) is 1.35. The highest BCUT2D eigenvalue weighted by atomic mass is 16.5. The minimum absolute atomic E-state index is 0.133. The molecule has 0 aliphatic carbocycles. The summed E-state index contributed by atoms with van der Waals surface area (Å²) >= 11 is 0. The van der Waals surface area contributed by atoms with Gasteiger partial charge in [0.05, 0.1) is 12.7 Å². The molecule has 4 rings (SSSR count). The Balaban J connectivity index is 1.72. The minimum atomic E-state index is -0.133. The summed E-state index contributed by atoms with van der Waals surface area (Å²) in [6, 6.07) is 10.9. The molecule has 1 aromatic rings. The van der Waals surface area contributed by atoms with E-state index in [9.17, 15) is 5.11 Å². The summed E-state index contributed by atoms with van der Waals surface area (Å²) in [4.78, 5) is 2.48. The van der Waals surface area contributed by atoms with Crippen LogP contribution in [0.5, 0.6) is 0 Å². The molecule has 0 saturated carbocycles. The Morgan fingerprint density at radius 2 is 2.11 bits per heavy atom. The largest absolute Gasteiger partial charge is 0.393 e. The molecular formula is C15H21NO2. The number of aliphatic hydroxyl groups excluding tert-OH is 1. The van der Waals surface area contributed by atoms with Gasteiger partial charge in [-0.3, -0.25) is 4.90 Å². The number of nitrogens with zero attached hydrogens (tertiary/aromatic N) is 1. The second-order valence-electron chi connectivity index (χ2n) is 5.50. The highest BCUT2D eigenvalue weighted by molar-refractivity contribution is 5.15. The van der Waals surface area contributed by atoms with E-state index in [1.165, 1.54) is 5.56 Å². The van der Waals surface area contributed by atoms with Crippen LogP contribution in [0.15, 0.2) is 30.3 Å². The molecule has 0 spiro atoms. The van der Waals surface area contributed by atoms with Crippen LogP contribution >= 0.6 is 0 Å². The van der Waals surface area contributed by atoms with E-state index in [2.05, 4.69) is 35.2 Å². The van der Waals surface area contributed by atoms with Gasteiger partial charge in [0.2, 0.25) is 0 Å². The van der Waals surface area contributed by atoms with Crippen LogP contribution in [0, 0.1) is 5.92 Å². The van der Waals surface area contributed by atoms with E-state index < -0.39 is 0 Å². The van der Waals surface area contributed by atoms with Crippen LogP contribution in [0.1, 0.15) is 18.4 Å². The molecule has 0 aromatic heterocycles. The SMILES string of the molecule is OC1CC2COCCC1CN2Cc1ccccc1. The Kier molecular flexibility index (Phi) is 3.64. The Hall–Kier alpha value is -0.900. The van der Waals surface area contributed by atoms with Crippen molar-refractivity contribution in [2.45, 2.75) is 31.5 Å². The summed E-state index contributed by atoms with van der Waals surface area (Å²) in [5, 5.41) is 10.1. The number of aliphatic hydroxyl groups is 1. The Bertz CT molecular complexity index is 381. The first-order valence-electron chi connectivity index (χ1n) is 6.87. The van der Waals surface area contributed by atoms with Gasteiger partial charge in [0.1, 0.15) is 0 Å². The van der Waals surface area contributed by atoms with Crippen molar-refractivity contribution in [3.8, 4) is 0 Å². The average Bonchev–Trinajstić information content (AvgIpc) is 2.36. The second-order valence-corrected chi connectivity index (χ2v) is 5.50. The van der Waals surface area contributed by atoms with Crippen molar-refractivity contribution in [3.63, 3.8) is 0 Å². The predicted molar refractivity (Wildman–Crippen MR) is 70.2 cm³/mol. The molecule has 98 valence electrons. The lowest BCUT2D eigenvalue weighted by atomic mass is 9.86. The van der Waals surface area contributed by atoms with E-state index in [1.54, 1.807) is 0 Å². The first-order chi connectivity index (χ1) is 8.83. The molecule has 1 aromatic carbocycles. The van der Waals surface area contributed by atoms with Gasteiger partial charge >= 0.3 is 0 Å². The van der Waals surface area contributed by atoms with E-state index in [1.807, 2.05) is 0 Å². The van der Waals surface area contributed by atoms with E-state index >= 15 is 0 Å². The quantitative estimate of drug-likeness (QED) is 0.862. The van der Waals surface area contributed by atoms with Crippen molar-refractivity contribution in [2.24, 2.45) is 5.92 Å². The molecule has 3 nitrogen and oxygen atoms in total. The van der Waals surface area contributed by atoms with Gasteiger partial charge in [0, 0.05) is 25.7 Å². The van der Waals surface area contributed by atoms with Crippen LogP contribution < -0.4 is 0 Å². The molecular weight excluding hydrogens is 226 g/mol. The zero-order valence-electron chi connectivity index (χ0n) is 10.7. The second kappa shape index (κ2) is 5.39. The zero-order chi connectivity index (χ0) is 12.4. The zero-order valence-corrected chi connectivity index (χ0v) is 10.7. The molecule has 2 bridgehead atoms. The Morgan fingerprint density at radius 3 is 2.94 bits per heavy atom. The van der Waals surface area contributed by atoms with E-state index in [4.69, 9.17) is 4.74 Å². The van der Waals surface area contributed by atoms with E-state index in [-0.39, 0.29) is 6.10 Å². The van der Waals surface area contributed by atoms with Crippen LogP contribution in [-0.2, 0) is 11.3 Å². The van der Waals surface area contributed by atoms with Gasteiger partial charge in [-0.2, -0.15) is 0 Å². The van der Waals surface area contributed by atoms with Crippen molar-refractivity contribution in [2.75, 3.05) is 19.8 Å². The van der Waals surface area contributed by atoms with E-state index in [0.29, 0.717) is 12.0 Å². The highest BCUT2D eigenvalue weighted by Crippen LogP contribution is 2.28. The van der Waals surface area contributed by atoms with Gasteiger partial charge in [-0.05, 0) is 24.3 Å². The molecule has 3 saturated heterocycles. The Labute approximate surface area is 108 Å². The van der Waals surface area contributed by atoms with Gasteiger partial charge in [0.25, 0.3) is 0 Å². The first kappa shape index (κ1) is 12.2. The summed E-state index contributed by atoms with van der Waals surface area (Å²) in [6.45, 7) is 3.54. The lowest BCUT2D eigenvalue weighted by molar-refractivity contribution is -0.0749. The van der Waals surface area contributed by atoms with Crippen LogP contribution in [0.3, 0.4) is 0 Å². The maximum Gasteiger partial charge on any atom is 0.0622 e. The lowest BCUT2D eigenvalue weighted by Crippen LogP contribution is -2.52. The van der Waals surface area contributed by atoms with Gasteiger partial charge < -0.3 is 9.84 Å². The molecule has 0 radical (unpaired) electrons. The number of piperidine rings is 1. The summed E-state index contributed by atoms with van der Waals surface area (Å²) in [6.07, 6.45) is 1.71. The van der Waals surface area contributed by atoms with Crippen molar-refractivity contribution in [1.82, 2.24) is 4.90 Å². The number of ether oxygens (including phenoxy) is 1. The van der Waals surface area contributed by atoms with Crippen LogP contribution in [0.2, 0.25) is 0 Å². The number of rotatable bonds is 2. The third-order valence-corrected chi connectivity index (χ3v) is 4.21. The third-order valence-electron chi connectivity index (χ3n) is 4.21. The topological polar surface area (TPSA) is 32.7 Å². The van der Waals surface area contributed by atoms with Crippen LogP contribution in [0.25, 0.3) is 0 Å². The first-order valence-corrected chi connectivity index (χ1v) is 6.87. The maximum absolute atomic E-state index is 10.1. The van der Waals surface area contributed by atoms with Gasteiger partial charge in [-0.1, -0.05) is 30.3 Å². The molecule has 3 fully saturated rings. The summed E-state index contributed by atoms with van der Waals surface area (Å²) in [7, 11) is 0. The molecule has 3 unspecified atom stereocenters. The van der Waals surface area contributed by atoms with Crippen molar-refractivity contribution in [3.05, 3.63) is 35.9 Å². The predicted octanol–water partition coefficient (Wildman–Crippen LogP) is 1.66. The normalized spacial score (nSPS) is 33.1. The Morgan fingerprint density at radius 1 is 1.28 bits per heavy atom. The summed E-state index contributed by atoms with van der Waals surface area (Å²) < 4.78 is 5.67. The maximum atomic E-state index is 10.1. The van der Waals surface area contributed by atoms with Gasteiger partial charge in [-0.15, -0.1) is 0 Å². The number of fused-ring (bicyclic) bond motifs is 5. The molecule has 18 heavy (non-hydrogen) atoms. The van der Waals surface area contributed by atoms with Crippen LogP contribution in [0.4, 0.5) is 0 Å². The fourth-order valence-corrected chi connectivity index (χ4v) is 3.12.